The molecule has 6 heteroatoms. The molecule has 3 atom stereocenters. The minimum atomic E-state index is -0.783. The number of ether oxygens (including phenoxy) is 1. The van der Waals surface area contributed by atoms with Crippen LogP contribution in [0.25, 0.3) is 0 Å². The van der Waals surface area contributed by atoms with Gasteiger partial charge in [0.25, 0.3) is 0 Å². The lowest BCUT2D eigenvalue weighted by molar-refractivity contribution is -0.151. The maximum Gasteiger partial charge on any atom is 0.306 e. The summed E-state index contributed by atoms with van der Waals surface area (Å²) in [6.07, 6.45) is 58.4. The summed E-state index contributed by atoms with van der Waals surface area (Å²) in [7, 11) is 0. The van der Waals surface area contributed by atoms with Crippen LogP contribution in [-0.4, -0.2) is 46.9 Å². The lowest BCUT2D eigenvalue weighted by Crippen LogP contribution is -2.46. The fraction of sp³-hybridized carbons (Fsp3) is 0.930. The highest BCUT2D eigenvalue weighted by molar-refractivity contribution is 5.77. The van der Waals surface area contributed by atoms with Crippen molar-refractivity contribution >= 4 is 11.9 Å². The van der Waals surface area contributed by atoms with Gasteiger partial charge in [0.1, 0.15) is 6.10 Å². The van der Waals surface area contributed by atoms with Crippen molar-refractivity contribution in [2.45, 2.75) is 334 Å². The van der Waals surface area contributed by atoms with E-state index in [0.717, 1.165) is 44.9 Å². The Morgan fingerprint density at radius 2 is 0.762 bits per heavy atom. The van der Waals surface area contributed by atoms with Crippen molar-refractivity contribution in [1.82, 2.24) is 5.32 Å². The van der Waals surface area contributed by atoms with Gasteiger partial charge in [0.05, 0.1) is 25.2 Å². The molecule has 0 saturated heterocycles. The Morgan fingerprint density at radius 3 is 1.13 bits per heavy atom. The van der Waals surface area contributed by atoms with Gasteiger partial charge >= 0.3 is 5.97 Å². The molecule has 0 fully saturated rings. The molecule has 6 nitrogen and oxygen atoms in total. The average molecular weight is 891 g/mol. The predicted molar refractivity (Wildman–Crippen MR) is 273 cm³/mol. The number of rotatable bonds is 52. The third kappa shape index (κ3) is 46.9. The highest BCUT2D eigenvalue weighted by atomic mass is 16.5. The molecule has 0 aliphatic heterocycles. The first-order valence-electron chi connectivity index (χ1n) is 28.4. The summed E-state index contributed by atoms with van der Waals surface area (Å²) in [6.45, 7) is 6.52. The predicted octanol–water partition coefficient (Wildman–Crippen LogP) is 17.3. The molecular formula is C57H111NO5. The minimum absolute atomic E-state index is 0.0835. The van der Waals surface area contributed by atoms with Crippen LogP contribution in [0.4, 0.5) is 0 Å². The molecule has 374 valence electrons. The van der Waals surface area contributed by atoms with Crippen molar-refractivity contribution in [1.29, 1.82) is 0 Å². The second-order valence-electron chi connectivity index (χ2n) is 19.7. The van der Waals surface area contributed by atoms with Crippen LogP contribution in [0.15, 0.2) is 12.2 Å². The Hall–Kier alpha value is -1.40. The van der Waals surface area contributed by atoms with E-state index in [1.165, 1.54) is 225 Å². The standard InChI is InChI=1S/C57H111NO5/c1-4-7-10-13-16-19-22-25-27-28-30-32-35-38-41-44-47-50-57(62)63-53(48-45-42-39-36-33-24-21-18-15-12-9-6-3)51-56(61)58-54(52-59)55(60)49-46-43-40-37-34-31-29-26-23-20-17-14-11-8-5-2/h25,27,53-55,59-60H,4-24,26,28-52H2,1-3H3,(H,58,61)/b27-25+. The first-order valence-corrected chi connectivity index (χ1v) is 28.4. The molecule has 0 spiro atoms. The second-order valence-corrected chi connectivity index (χ2v) is 19.7. The molecule has 0 saturated carbocycles. The molecule has 0 aromatic heterocycles. The topological polar surface area (TPSA) is 95.9 Å². The van der Waals surface area contributed by atoms with E-state index in [0.29, 0.717) is 19.3 Å². The monoisotopic (exact) mass is 890 g/mol. The van der Waals surface area contributed by atoms with Crippen molar-refractivity contribution < 1.29 is 24.5 Å². The van der Waals surface area contributed by atoms with E-state index in [1.807, 2.05) is 0 Å². The number of carbonyl (C=O) groups is 2. The zero-order chi connectivity index (χ0) is 45.9. The molecule has 3 unspecified atom stereocenters. The second kappa shape index (κ2) is 51.6. The van der Waals surface area contributed by atoms with Gasteiger partial charge in [-0.05, 0) is 51.4 Å². The lowest BCUT2D eigenvalue weighted by Gasteiger charge is -2.24. The average Bonchev–Trinajstić information content (AvgIpc) is 3.28. The molecule has 0 aliphatic carbocycles. The number of nitrogens with one attached hydrogen (secondary N) is 1. The quantitative estimate of drug-likeness (QED) is 0.0321. The van der Waals surface area contributed by atoms with Gasteiger partial charge in [-0.25, -0.2) is 0 Å². The number of esters is 1. The molecule has 0 heterocycles. The van der Waals surface area contributed by atoms with Gasteiger partial charge in [0.15, 0.2) is 0 Å². The molecule has 0 aliphatic rings. The molecule has 0 radical (unpaired) electrons. The van der Waals surface area contributed by atoms with Crippen LogP contribution in [-0.2, 0) is 14.3 Å². The van der Waals surface area contributed by atoms with E-state index in [1.54, 1.807) is 0 Å². The summed E-state index contributed by atoms with van der Waals surface area (Å²) in [4.78, 5) is 26.2. The first-order chi connectivity index (χ1) is 31.0. The Balaban J connectivity index is 4.47. The minimum Gasteiger partial charge on any atom is -0.462 e. The van der Waals surface area contributed by atoms with Crippen LogP contribution in [0.2, 0.25) is 0 Å². The lowest BCUT2D eigenvalue weighted by atomic mass is 10.0. The van der Waals surface area contributed by atoms with Crippen LogP contribution >= 0.6 is 0 Å². The van der Waals surface area contributed by atoms with Gasteiger partial charge in [0.2, 0.25) is 5.91 Å². The van der Waals surface area contributed by atoms with Crippen LogP contribution in [0.5, 0.6) is 0 Å². The van der Waals surface area contributed by atoms with Crippen LogP contribution in [0, 0.1) is 0 Å². The number of allylic oxidation sites excluding steroid dienone is 2. The van der Waals surface area contributed by atoms with E-state index in [4.69, 9.17) is 4.74 Å². The molecule has 0 aromatic rings. The van der Waals surface area contributed by atoms with Crippen LogP contribution in [0.1, 0.15) is 316 Å². The summed E-state index contributed by atoms with van der Waals surface area (Å²) in [5.74, 6) is -0.457. The molecule has 0 bridgehead atoms. The molecule has 0 aromatic carbocycles. The molecule has 3 N–H and O–H groups in total. The van der Waals surface area contributed by atoms with Crippen LogP contribution < -0.4 is 5.32 Å². The Morgan fingerprint density at radius 1 is 0.444 bits per heavy atom. The van der Waals surface area contributed by atoms with Gasteiger partial charge in [-0.3, -0.25) is 9.59 Å². The van der Waals surface area contributed by atoms with Crippen molar-refractivity contribution in [2.75, 3.05) is 6.61 Å². The summed E-state index contributed by atoms with van der Waals surface area (Å²) < 4.78 is 5.95. The summed E-state index contributed by atoms with van der Waals surface area (Å²) in [5, 5.41) is 23.9. The van der Waals surface area contributed by atoms with Gasteiger partial charge in [0, 0.05) is 6.42 Å². The highest BCUT2D eigenvalue weighted by Gasteiger charge is 2.24. The van der Waals surface area contributed by atoms with Crippen LogP contribution in [0.3, 0.4) is 0 Å². The van der Waals surface area contributed by atoms with Crippen molar-refractivity contribution in [3.8, 4) is 0 Å². The number of unbranched alkanes of at least 4 members (excludes halogenated alkanes) is 38. The third-order valence-electron chi connectivity index (χ3n) is 13.3. The summed E-state index contributed by atoms with van der Waals surface area (Å²) in [6, 6.07) is -0.696. The normalized spacial score (nSPS) is 13.2. The molecular weight excluding hydrogens is 779 g/mol. The zero-order valence-electron chi connectivity index (χ0n) is 42.7. The number of aliphatic hydroxyl groups excluding tert-OH is 2. The Labute approximate surface area is 393 Å². The molecule has 0 rings (SSSR count). The fourth-order valence-corrected chi connectivity index (χ4v) is 9.02. The Bertz CT molecular complexity index is 955. The smallest absolute Gasteiger partial charge is 0.306 e. The van der Waals surface area contributed by atoms with Gasteiger partial charge in [-0.15, -0.1) is 0 Å². The highest BCUT2D eigenvalue weighted by Crippen LogP contribution is 2.19. The van der Waals surface area contributed by atoms with Crippen molar-refractivity contribution in [3.63, 3.8) is 0 Å². The van der Waals surface area contributed by atoms with E-state index in [2.05, 4.69) is 38.2 Å². The van der Waals surface area contributed by atoms with E-state index >= 15 is 0 Å². The maximum absolute atomic E-state index is 13.2. The van der Waals surface area contributed by atoms with Crippen molar-refractivity contribution in [2.24, 2.45) is 0 Å². The number of hydrogen-bond donors (Lipinski definition) is 3. The summed E-state index contributed by atoms with van der Waals surface area (Å²) >= 11 is 0. The first kappa shape index (κ1) is 61.6. The molecule has 1 amide bonds. The number of amides is 1. The third-order valence-corrected chi connectivity index (χ3v) is 13.3. The van der Waals surface area contributed by atoms with Crippen molar-refractivity contribution in [3.05, 3.63) is 12.2 Å². The Kier molecular flexibility index (Phi) is 50.4. The van der Waals surface area contributed by atoms with E-state index < -0.39 is 18.2 Å². The van der Waals surface area contributed by atoms with Gasteiger partial charge in [-0.1, -0.05) is 264 Å². The largest absolute Gasteiger partial charge is 0.462 e. The SMILES string of the molecule is CCCCCCCC/C=C/CCCCCCCCCC(=O)OC(CCCCCCCCCCCCCC)CC(=O)NC(CO)C(O)CCCCCCCCCCCCCCCCC. The zero-order valence-corrected chi connectivity index (χ0v) is 42.7. The maximum atomic E-state index is 13.2. The fourth-order valence-electron chi connectivity index (χ4n) is 9.02. The molecule has 63 heavy (non-hydrogen) atoms. The number of hydrogen-bond acceptors (Lipinski definition) is 5. The van der Waals surface area contributed by atoms with E-state index in [-0.39, 0.29) is 24.9 Å². The number of carbonyl (C=O) groups excluding carboxylic acids is 2. The van der Waals surface area contributed by atoms with Gasteiger partial charge < -0.3 is 20.3 Å². The van der Waals surface area contributed by atoms with E-state index in [9.17, 15) is 19.8 Å². The summed E-state index contributed by atoms with van der Waals surface area (Å²) in [5.41, 5.74) is 0. The van der Waals surface area contributed by atoms with Gasteiger partial charge in [-0.2, -0.15) is 0 Å². The number of aliphatic hydroxyl groups is 2.